The van der Waals surface area contributed by atoms with Gasteiger partial charge in [-0.05, 0) is 6.07 Å². The van der Waals surface area contributed by atoms with Crippen molar-refractivity contribution in [3.63, 3.8) is 0 Å². The highest BCUT2D eigenvalue weighted by Crippen LogP contribution is 2.48. The topological polar surface area (TPSA) is 230 Å². The number of hydrogen-bond acceptors (Lipinski definition) is 12. The fourth-order valence-corrected chi connectivity index (χ4v) is 4.83. The number of ether oxygens (including phenoxy) is 2. The number of hydrogen-bond donors (Lipinski definition) is 5. The Bertz CT molecular complexity index is 1330. The highest BCUT2D eigenvalue weighted by molar-refractivity contribution is 7.47. The van der Waals surface area contributed by atoms with E-state index in [-0.39, 0.29) is 18.7 Å². The van der Waals surface area contributed by atoms with Crippen molar-refractivity contribution >= 4 is 13.6 Å². The van der Waals surface area contributed by atoms with Gasteiger partial charge in [-0.2, -0.15) is 9.37 Å². The number of aliphatic hydroxyl groups is 2. The first-order valence-electron chi connectivity index (χ1n) is 10.6. The van der Waals surface area contributed by atoms with Crippen molar-refractivity contribution in [2.24, 2.45) is 0 Å². The molecular weight excluding hydrogens is 512 g/mol. The molecule has 0 radical (unpaired) electrons. The minimum atomic E-state index is -4.81. The fourth-order valence-electron chi connectivity index (χ4n) is 3.87. The van der Waals surface area contributed by atoms with E-state index >= 15 is 0 Å². The van der Waals surface area contributed by atoms with Gasteiger partial charge in [0.05, 0.1) is 25.5 Å². The number of nitrogens with two attached hydrogens (primary N) is 1. The first-order valence-corrected chi connectivity index (χ1v) is 12.1. The second-order valence-corrected chi connectivity index (χ2v) is 9.48. The van der Waals surface area contributed by atoms with Crippen molar-refractivity contribution < 1.29 is 42.6 Å². The lowest BCUT2D eigenvalue weighted by molar-refractivity contribution is -0.0576. The molecule has 2 aliphatic rings. The molecule has 0 aromatic carbocycles. The normalized spacial score (nSPS) is 29.9. The van der Waals surface area contributed by atoms with Crippen LogP contribution >= 0.6 is 7.82 Å². The molecule has 4 heterocycles. The maximum absolute atomic E-state index is 13.6. The number of H-pyrrole nitrogens is 1. The van der Waals surface area contributed by atoms with Crippen LogP contribution in [0.25, 0.3) is 0 Å². The minimum Gasteiger partial charge on any atom is -0.394 e. The maximum atomic E-state index is 13.6. The highest BCUT2D eigenvalue weighted by atomic mass is 31.2. The van der Waals surface area contributed by atoms with Gasteiger partial charge in [0.25, 0.3) is 5.56 Å². The van der Waals surface area contributed by atoms with Crippen molar-refractivity contribution in [2.45, 2.75) is 49.7 Å². The molecule has 2 aromatic rings. The van der Waals surface area contributed by atoms with Gasteiger partial charge < -0.3 is 30.3 Å². The van der Waals surface area contributed by atoms with Crippen LogP contribution in [0.1, 0.15) is 25.3 Å². The molecule has 2 saturated heterocycles. The van der Waals surface area contributed by atoms with Crippen molar-refractivity contribution in [3.05, 3.63) is 55.6 Å². The van der Waals surface area contributed by atoms with Crippen LogP contribution in [0.15, 0.2) is 32.8 Å². The molecule has 7 atom stereocenters. The number of phosphoric acid groups is 1. The van der Waals surface area contributed by atoms with Crippen molar-refractivity contribution in [1.82, 2.24) is 19.1 Å². The predicted molar refractivity (Wildman–Crippen MR) is 115 cm³/mol. The summed E-state index contributed by atoms with van der Waals surface area (Å²) in [6.45, 7) is -1.26. The Morgan fingerprint density at radius 3 is 2.61 bits per heavy atom. The molecular formula is C18H23FN5O11P. The zero-order chi connectivity index (χ0) is 26.2. The molecule has 1 unspecified atom stereocenters. The van der Waals surface area contributed by atoms with E-state index in [2.05, 4.69) is 4.98 Å². The van der Waals surface area contributed by atoms with Gasteiger partial charge in [0.15, 0.2) is 0 Å². The van der Waals surface area contributed by atoms with Crippen LogP contribution in [0.3, 0.4) is 0 Å². The Kier molecular flexibility index (Phi) is 7.53. The number of nitrogen functional groups attached to an aromatic ring is 1. The van der Waals surface area contributed by atoms with Crippen molar-refractivity contribution in [1.29, 1.82) is 0 Å². The molecule has 0 saturated carbocycles. The summed E-state index contributed by atoms with van der Waals surface area (Å²) in [4.78, 5) is 50.6. The Balaban J connectivity index is 1.37. The standard InChI is InChI=1S/C18H23FN5O11P/c19-8-5-24(18(29)22-16(8)27)14-3-9(26)12(34-14)7-32-36(30,31)35-10-4-15(33-11(10)6-25)23-2-1-13(20)21-17(23)28/h1-2,5,9-12,14-15,25-26H,3-4,6-7H2,(H,30,31)(H2,20,21,28)(H,22,27,29)/t9-,10+,11-,12+,14+,15-/m0/s1. The van der Waals surface area contributed by atoms with E-state index in [4.69, 9.17) is 24.3 Å². The lowest BCUT2D eigenvalue weighted by Gasteiger charge is -2.21. The molecule has 16 nitrogen and oxygen atoms in total. The zero-order valence-corrected chi connectivity index (χ0v) is 19.3. The highest BCUT2D eigenvalue weighted by Gasteiger charge is 2.43. The summed E-state index contributed by atoms with van der Waals surface area (Å²) >= 11 is 0. The van der Waals surface area contributed by atoms with Gasteiger partial charge in [0.1, 0.15) is 36.6 Å². The summed E-state index contributed by atoms with van der Waals surface area (Å²) in [5, 5.41) is 19.8. The van der Waals surface area contributed by atoms with Crippen molar-refractivity contribution in [2.75, 3.05) is 18.9 Å². The number of nitrogens with zero attached hydrogens (tertiary/aromatic N) is 3. The molecule has 0 amide bonds. The van der Waals surface area contributed by atoms with Crippen LogP contribution < -0.4 is 22.7 Å². The minimum absolute atomic E-state index is 0.0110. The number of phosphoric ester groups is 1. The maximum Gasteiger partial charge on any atom is 0.472 e. The lowest BCUT2D eigenvalue weighted by Crippen LogP contribution is -2.34. The van der Waals surface area contributed by atoms with Crippen LogP contribution in [-0.4, -0.2) is 71.8 Å². The number of aromatic amines is 1. The zero-order valence-electron chi connectivity index (χ0n) is 18.4. The second-order valence-electron chi connectivity index (χ2n) is 8.07. The summed E-state index contributed by atoms with van der Waals surface area (Å²) in [6.07, 6.45) is -5.25. The summed E-state index contributed by atoms with van der Waals surface area (Å²) in [6, 6.07) is 1.35. The Hall–Kier alpha value is -2.76. The summed E-state index contributed by atoms with van der Waals surface area (Å²) in [5.41, 5.74) is 2.53. The Morgan fingerprint density at radius 2 is 1.92 bits per heavy atom. The molecule has 2 aromatic heterocycles. The number of rotatable bonds is 8. The second kappa shape index (κ2) is 10.3. The van der Waals surface area contributed by atoms with Crippen LogP contribution in [0, 0.1) is 5.82 Å². The van der Waals surface area contributed by atoms with Crippen LogP contribution in [-0.2, 0) is 23.1 Å². The average Bonchev–Trinajstić information content (AvgIpc) is 3.37. The number of anilines is 1. The quantitative estimate of drug-likeness (QED) is 0.229. The van der Waals surface area contributed by atoms with E-state index in [0.717, 1.165) is 9.13 Å². The van der Waals surface area contributed by atoms with Gasteiger partial charge in [0, 0.05) is 19.0 Å². The molecule has 2 fully saturated rings. The van der Waals surface area contributed by atoms with E-state index in [9.17, 15) is 38.4 Å². The predicted octanol–water partition coefficient (Wildman–Crippen LogP) is -2.05. The van der Waals surface area contributed by atoms with Crippen molar-refractivity contribution in [3.8, 4) is 0 Å². The summed E-state index contributed by atoms with van der Waals surface area (Å²) in [7, 11) is -4.81. The molecule has 6 N–H and O–H groups in total. The molecule has 4 rings (SSSR count). The Morgan fingerprint density at radius 1 is 1.22 bits per heavy atom. The van der Waals surface area contributed by atoms with Gasteiger partial charge in [-0.25, -0.2) is 14.2 Å². The van der Waals surface area contributed by atoms with E-state index in [1.165, 1.54) is 12.3 Å². The van der Waals surface area contributed by atoms with E-state index in [1.807, 2.05) is 0 Å². The van der Waals surface area contributed by atoms with E-state index < -0.39 is 80.7 Å². The molecule has 0 spiro atoms. The SMILES string of the molecule is Nc1ccn([C@@H]2C[C@@H](OP(=O)(O)OC[C@H]3O[C@@H](n4cc(F)c(=O)[nH]c4=O)C[C@@H]3O)[C@H](CO)O2)c(=O)n1. The van der Waals surface area contributed by atoms with E-state index in [1.54, 1.807) is 4.98 Å². The third kappa shape index (κ3) is 5.63. The first kappa shape index (κ1) is 26.3. The lowest BCUT2D eigenvalue weighted by atomic mass is 10.2. The van der Waals surface area contributed by atoms with Gasteiger partial charge in [-0.15, -0.1) is 0 Å². The third-order valence-electron chi connectivity index (χ3n) is 5.63. The van der Waals surface area contributed by atoms with Crippen LogP contribution in [0.2, 0.25) is 0 Å². The molecule has 0 aliphatic carbocycles. The van der Waals surface area contributed by atoms with Gasteiger partial charge in [0.2, 0.25) is 5.82 Å². The first-order chi connectivity index (χ1) is 17.0. The fraction of sp³-hybridized carbons (Fsp3) is 0.556. The van der Waals surface area contributed by atoms with Gasteiger partial charge in [-0.1, -0.05) is 0 Å². The Labute approximate surface area is 200 Å². The van der Waals surface area contributed by atoms with Gasteiger partial charge >= 0.3 is 19.2 Å². The number of aromatic nitrogens is 4. The molecule has 0 bridgehead atoms. The average molecular weight is 535 g/mol. The largest absolute Gasteiger partial charge is 0.472 e. The summed E-state index contributed by atoms with van der Waals surface area (Å²) < 4.78 is 48.9. The van der Waals surface area contributed by atoms with E-state index in [0.29, 0.717) is 6.20 Å². The molecule has 36 heavy (non-hydrogen) atoms. The smallest absolute Gasteiger partial charge is 0.394 e. The van der Waals surface area contributed by atoms with Gasteiger partial charge in [-0.3, -0.25) is 28.0 Å². The van der Waals surface area contributed by atoms with Crippen LogP contribution in [0.5, 0.6) is 0 Å². The monoisotopic (exact) mass is 535 g/mol. The molecule has 2 aliphatic heterocycles. The number of nitrogens with one attached hydrogen (secondary N) is 1. The molecule has 18 heteroatoms. The molecule has 198 valence electrons. The van der Waals surface area contributed by atoms with Crippen LogP contribution in [0.4, 0.5) is 10.2 Å². The summed E-state index contributed by atoms with van der Waals surface area (Å²) in [5.74, 6) is -1.25. The number of halogens is 1. The number of aliphatic hydroxyl groups excluding tert-OH is 2. The third-order valence-corrected chi connectivity index (χ3v) is 6.64.